The number of nitrogens with zero attached hydrogens (tertiary/aromatic N) is 6. The van der Waals surface area contributed by atoms with E-state index < -0.39 is 19.7 Å². The number of anilines is 6. The maximum atomic E-state index is 12.5. The van der Waals surface area contributed by atoms with Crippen LogP contribution in [-0.4, -0.2) is 110 Å². The van der Waals surface area contributed by atoms with Crippen molar-refractivity contribution in [3.05, 3.63) is 78.4 Å². The number of H-pyrrole nitrogens is 2. The number of esters is 1. The number of aromatic amines is 2. The fourth-order valence-corrected chi connectivity index (χ4v) is 14.5. The lowest BCUT2D eigenvalue weighted by atomic mass is 9.78. The summed E-state index contributed by atoms with van der Waals surface area (Å²) in [4.78, 5) is 42.8. The van der Waals surface area contributed by atoms with E-state index in [9.17, 15) is 26.4 Å². The number of carbonyl (C=O) groups excluding carboxylic acids is 2. The largest absolute Gasteiger partial charge is 0.427 e. The monoisotopic (exact) mass is 1120 g/mol. The number of Topliss-reactive ketones (excluding diaryl/α,β-unsaturated/α-hetero) is 1. The van der Waals surface area contributed by atoms with Gasteiger partial charge in [-0.2, -0.15) is 20.2 Å². The van der Waals surface area contributed by atoms with Crippen LogP contribution in [0, 0.1) is 17.8 Å². The van der Waals surface area contributed by atoms with Crippen molar-refractivity contribution >= 4 is 66.6 Å². The zero-order chi connectivity index (χ0) is 55.4. The van der Waals surface area contributed by atoms with Crippen LogP contribution in [0.5, 0.6) is 5.75 Å². The summed E-state index contributed by atoms with van der Waals surface area (Å²) in [5.41, 5.74) is 7.80. The van der Waals surface area contributed by atoms with Crippen molar-refractivity contribution in [2.24, 2.45) is 23.5 Å². The van der Waals surface area contributed by atoms with E-state index in [-0.39, 0.29) is 28.4 Å². The van der Waals surface area contributed by atoms with Crippen LogP contribution >= 0.6 is 0 Å². The molecule has 0 radical (unpaired) electrons. The van der Waals surface area contributed by atoms with Gasteiger partial charge in [-0.3, -0.25) is 19.8 Å². The zero-order valence-electron chi connectivity index (χ0n) is 45.8. The van der Waals surface area contributed by atoms with Crippen LogP contribution < -0.4 is 31.7 Å². The molecule has 6 saturated carbocycles. The Morgan fingerprint density at radius 2 is 1.01 bits per heavy atom. The number of sulfone groups is 2. The Morgan fingerprint density at radius 1 is 0.570 bits per heavy atom. The van der Waals surface area contributed by atoms with E-state index in [4.69, 9.17) is 10.5 Å². The molecule has 0 saturated heterocycles. The molecule has 0 bridgehead atoms. The van der Waals surface area contributed by atoms with Gasteiger partial charge >= 0.3 is 5.97 Å². The van der Waals surface area contributed by atoms with Gasteiger partial charge in [-0.1, -0.05) is 43.9 Å². The predicted octanol–water partition coefficient (Wildman–Crippen LogP) is 9.83. The van der Waals surface area contributed by atoms with Crippen molar-refractivity contribution in [3.8, 4) is 5.75 Å². The minimum atomic E-state index is -2.95. The Hall–Kier alpha value is -6.00. The van der Waals surface area contributed by atoms with Crippen molar-refractivity contribution in [1.29, 1.82) is 0 Å². The zero-order valence-corrected chi connectivity index (χ0v) is 47.5. The Kier molecular flexibility index (Phi) is 19.7. The summed E-state index contributed by atoms with van der Waals surface area (Å²) < 4.78 is 50.0. The van der Waals surface area contributed by atoms with Gasteiger partial charge in [0.1, 0.15) is 42.8 Å². The summed E-state index contributed by atoms with van der Waals surface area (Å²) in [6, 6.07) is 17.9. The molecule has 5 aromatic rings. The van der Waals surface area contributed by atoms with Gasteiger partial charge in [0.15, 0.2) is 11.6 Å². The molecule has 6 aliphatic carbocycles. The van der Waals surface area contributed by atoms with Crippen LogP contribution in [0.25, 0.3) is 0 Å². The molecule has 1 aromatic carbocycles. The molecule has 22 heteroatoms. The summed E-state index contributed by atoms with van der Waals surface area (Å²) in [7, 11) is -5.73. The summed E-state index contributed by atoms with van der Waals surface area (Å²) in [5.74, 6) is 7.19. The Labute approximate surface area is 465 Å². The Morgan fingerprint density at radius 3 is 1.46 bits per heavy atom. The molecule has 0 atom stereocenters. The van der Waals surface area contributed by atoms with Crippen molar-refractivity contribution in [3.63, 3.8) is 0 Å². The highest BCUT2D eigenvalue weighted by molar-refractivity contribution is 7.91. The summed E-state index contributed by atoms with van der Waals surface area (Å²) >= 11 is 0. The summed E-state index contributed by atoms with van der Waals surface area (Å²) in [6.07, 6.45) is 28.3. The number of hydrogen-bond donors (Lipinski definition) is 7. The third kappa shape index (κ3) is 17.5. The lowest BCUT2D eigenvalue weighted by Gasteiger charge is -2.34. The molecule has 4 heterocycles. The number of ketones is 1. The second-order valence-corrected chi connectivity index (χ2v) is 27.9. The van der Waals surface area contributed by atoms with E-state index in [1.165, 1.54) is 75.3 Å². The first kappa shape index (κ1) is 57.7. The first-order valence-electron chi connectivity index (χ1n) is 28.8. The highest BCUT2D eigenvalue weighted by Crippen LogP contribution is 2.38. The van der Waals surface area contributed by atoms with Gasteiger partial charge in [-0.25, -0.2) is 26.8 Å². The molecule has 428 valence electrons. The molecule has 20 nitrogen and oxygen atoms in total. The highest BCUT2D eigenvalue weighted by Gasteiger charge is 2.38. The van der Waals surface area contributed by atoms with Gasteiger partial charge in [0.05, 0.1) is 10.5 Å². The Bertz CT molecular complexity index is 2970. The fourth-order valence-electron chi connectivity index (χ4n) is 12.1. The smallest absolute Gasteiger partial charge is 0.311 e. The SMILES string of the molecule is CS(=O)(=O)C1CC(CC(=O)CC2CCC(Nc3nccc(Nc4cc(C5CCCC5)[nH]n4)n3)CC2)C1.CS(=O)(=O)C1CC(N)C1.O=C(CC1CCC(Nc2nccc(Nc3cc(C4CCCC4)[nH]n3)n2)CC1)Oc1ccccc1. The average Bonchev–Trinajstić information content (AvgIpc) is 4.26. The maximum Gasteiger partial charge on any atom is 0.311 e. The topological polar surface area (TPSA) is 295 Å². The third-order valence-electron chi connectivity index (χ3n) is 17.0. The summed E-state index contributed by atoms with van der Waals surface area (Å²) in [5, 5.41) is 28.3. The van der Waals surface area contributed by atoms with Crippen molar-refractivity contribution in [2.45, 2.75) is 188 Å². The molecular formula is C57H81N13O7S2. The molecule has 6 aliphatic rings. The van der Waals surface area contributed by atoms with Crippen LogP contribution in [0.1, 0.15) is 171 Å². The van der Waals surface area contributed by atoms with Crippen LogP contribution in [0.3, 0.4) is 0 Å². The van der Waals surface area contributed by atoms with E-state index in [1.807, 2.05) is 42.5 Å². The highest BCUT2D eigenvalue weighted by atomic mass is 32.2. The van der Waals surface area contributed by atoms with Crippen LogP contribution in [0.2, 0.25) is 0 Å². The van der Waals surface area contributed by atoms with E-state index >= 15 is 0 Å². The molecule has 0 spiro atoms. The molecule has 4 aromatic heterocycles. The van der Waals surface area contributed by atoms with Gasteiger partial charge in [0.25, 0.3) is 0 Å². The number of nitrogens with one attached hydrogen (secondary N) is 6. The molecular weight excluding hydrogens is 1040 g/mol. The summed E-state index contributed by atoms with van der Waals surface area (Å²) in [6.45, 7) is 0. The van der Waals surface area contributed by atoms with Gasteiger partial charge in [-0.05, 0) is 145 Å². The number of para-hydroxylation sites is 1. The van der Waals surface area contributed by atoms with E-state index in [0.29, 0.717) is 110 Å². The molecule has 11 rings (SSSR count). The van der Waals surface area contributed by atoms with Crippen molar-refractivity contribution < 1.29 is 31.2 Å². The first-order chi connectivity index (χ1) is 38.0. The lowest BCUT2D eigenvalue weighted by molar-refractivity contribution is -0.135. The predicted molar refractivity (Wildman–Crippen MR) is 307 cm³/mol. The van der Waals surface area contributed by atoms with Crippen LogP contribution in [0.15, 0.2) is 67.0 Å². The molecule has 8 N–H and O–H groups in total. The average molecular weight is 1120 g/mol. The van der Waals surface area contributed by atoms with E-state index in [2.05, 4.69) is 73.7 Å². The first-order valence-corrected chi connectivity index (χ1v) is 32.7. The number of rotatable bonds is 19. The van der Waals surface area contributed by atoms with Gasteiger partial charge in [0, 0.05) is 97.6 Å². The second kappa shape index (κ2) is 27.0. The normalized spacial score (nSPS) is 25.3. The number of hydrogen-bond acceptors (Lipinski definition) is 18. The van der Waals surface area contributed by atoms with E-state index in [0.717, 1.165) is 68.8 Å². The van der Waals surface area contributed by atoms with Crippen LogP contribution in [-0.2, 0) is 29.3 Å². The Balaban J connectivity index is 0.000000166. The molecule has 79 heavy (non-hydrogen) atoms. The van der Waals surface area contributed by atoms with Crippen molar-refractivity contribution in [1.82, 2.24) is 40.3 Å². The number of nitrogens with two attached hydrogens (primary N) is 1. The van der Waals surface area contributed by atoms with Gasteiger partial charge in [-0.15, -0.1) is 0 Å². The number of benzene rings is 1. The number of ether oxygens (including phenoxy) is 1. The molecule has 6 fully saturated rings. The molecule has 0 unspecified atom stereocenters. The fraction of sp³-hybridized carbons (Fsp3) is 0.614. The van der Waals surface area contributed by atoms with Gasteiger partial charge < -0.3 is 31.7 Å². The van der Waals surface area contributed by atoms with Crippen LogP contribution in [0.4, 0.5) is 35.2 Å². The minimum Gasteiger partial charge on any atom is -0.427 e. The number of aromatic nitrogens is 8. The van der Waals surface area contributed by atoms with Crippen molar-refractivity contribution in [2.75, 3.05) is 33.8 Å². The standard InChI is InChI=1S/C26H38N6O3S.C26H32N6O2.C5H11NO2S/c1-36(34,35)22-14-18(15-22)13-21(33)12-17-6-8-20(9-7-17)28-26-27-11-10-24(30-26)29-25-16-23(31-32-25)19-4-2-3-5-19;33-25(34-21-8-2-1-3-9-21)16-18-10-12-20(13-11-18)28-26-27-15-14-23(30-26)29-24-17-22(31-32-24)19-6-4-5-7-19;1-9(7,8)5-2-4(6)3-5/h10-11,16-20,22H,2-9,12-15H2,1H3,(H3,27,28,29,30,31,32);1-3,8-9,14-15,17-20H,4-7,10-13,16H2,(H3,27,28,29,30,31,32);4-5H,2-3,6H2,1H3. The lowest BCUT2D eigenvalue weighted by Crippen LogP contribution is -2.44. The molecule has 0 amide bonds. The third-order valence-corrected chi connectivity index (χ3v) is 20.2. The second-order valence-electron chi connectivity index (χ2n) is 23.3. The van der Waals surface area contributed by atoms with E-state index in [1.54, 1.807) is 12.4 Å². The minimum absolute atomic E-state index is 0.129. The quantitative estimate of drug-likeness (QED) is 0.0299. The number of carbonyl (C=O) groups is 2. The molecule has 0 aliphatic heterocycles. The maximum absolute atomic E-state index is 12.5. The van der Waals surface area contributed by atoms with Gasteiger partial charge in [0.2, 0.25) is 11.9 Å².